The topological polar surface area (TPSA) is 77.0 Å². The summed E-state index contributed by atoms with van der Waals surface area (Å²) < 4.78 is 8.67. The van der Waals surface area contributed by atoms with E-state index in [4.69, 9.17) is 14.4 Å². The zero-order valence-corrected chi connectivity index (χ0v) is 20.0. The van der Waals surface area contributed by atoms with Crippen molar-refractivity contribution in [2.75, 3.05) is 13.1 Å². The number of para-hydroxylation sites is 1. The monoisotopic (exact) mass is 471 g/mol. The lowest BCUT2D eigenvalue weighted by molar-refractivity contribution is 0.0715. The zero-order chi connectivity index (χ0) is 23.2. The van der Waals surface area contributed by atoms with Crippen molar-refractivity contribution < 1.29 is 9.21 Å². The number of nitrogens with zero attached hydrogens (tertiary/aromatic N) is 5. The number of hydrogen-bond acceptors (Lipinski definition) is 6. The molecule has 0 saturated carbocycles. The molecule has 1 fully saturated rings. The molecule has 34 heavy (non-hydrogen) atoms. The predicted molar refractivity (Wildman–Crippen MR) is 133 cm³/mol. The van der Waals surface area contributed by atoms with Crippen molar-refractivity contribution in [2.24, 2.45) is 0 Å². The third-order valence-corrected chi connectivity index (χ3v) is 7.70. The van der Waals surface area contributed by atoms with Crippen molar-refractivity contribution in [3.8, 4) is 11.5 Å². The van der Waals surface area contributed by atoms with Gasteiger partial charge in [-0.15, -0.1) is 11.3 Å². The molecule has 7 nitrogen and oxygen atoms in total. The molecule has 1 amide bonds. The molecule has 0 bridgehead atoms. The first-order valence-electron chi connectivity index (χ1n) is 11.7. The third kappa shape index (κ3) is 3.58. The second-order valence-corrected chi connectivity index (χ2v) is 10.1. The fourth-order valence-electron chi connectivity index (χ4n) is 4.69. The molecular weight excluding hydrogens is 446 g/mol. The van der Waals surface area contributed by atoms with Gasteiger partial charge in [0, 0.05) is 25.0 Å². The Bertz CT molecular complexity index is 1440. The van der Waals surface area contributed by atoms with Gasteiger partial charge in [0.15, 0.2) is 11.4 Å². The summed E-state index contributed by atoms with van der Waals surface area (Å²) in [7, 11) is 0. The number of fused-ring (bicyclic) bond motifs is 2. The summed E-state index contributed by atoms with van der Waals surface area (Å²) in [6, 6.07) is 13.9. The maximum atomic E-state index is 13.7. The number of amides is 1. The van der Waals surface area contributed by atoms with E-state index in [0.717, 1.165) is 23.7 Å². The number of thiazole rings is 1. The lowest BCUT2D eigenvalue weighted by Gasteiger charge is -2.31. The standard InChI is InChI=1S/C26H25N5O2S/c1-16(2)31-24-19(15-27-31)18(14-21(28-24)22-7-5-13-33-22)26(32)30-11-9-17(10-12-30)25-29-20-6-3-4-8-23(20)34-25/h3-8,13-17H,9-12H2,1-2H3. The molecule has 8 heteroatoms. The predicted octanol–water partition coefficient (Wildman–Crippen LogP) is 5.90. The fraction of sp³-hybridized carbons (Fsp3) is 0.308. The van der Waals surface area contributed by atoms with E-state index in [1.807, 2.05) is 33.8 Å². The maximum absolute atomic E-state index is 13.7. The van der Waals surface area contributed by atoms with Gasteiger partial charge in [0.25, 0.3) is 5.91 Å². The third-order valence-electron chi connectivity index (χ3n) is 6.50. The van der Waals surface area contributed by atoms with Gasteiger partial charge in [-0.2, -0.15) is 5.10 Å². The Morgan fingerprint density at radius 1 is 1.12 bits per heavy atom. The van der Waals surface area contributed by atoms with E-state index in [1.165, 1.54) is 9.71 Å². The lowest BCUT2D eigenvalue weighted by Crippen LogP contribution is -2.38. The van der Waals surface area contributed by atoms with Gasteiger partial charge in [-0.25, -0.2) is 14.6 Å². The molecule has 0 spiro atoms. The van der Waals surface area contributed by atoms with E-state index < -0.39 is 0 Å². The molecule has 0 unspecified atom stereocenters. The molecule has 0 atom stereocenters. The summed E-state index contributed by atoms with van der Waals surface area (Å²) in [6.07, 6.45) is 5.21. The summed E-state index contributed by atoms with van der Waals surface area (Å²) in [4.78, 5) is 25.3. The van der Waals surface area contributed by atoms with Crippen LogP contribution in [0.1, 0.15) is 54.0 Å². The molecular formula is C26H25N5O2S. The van der Waals surface area contributed by atoms with Crippen molar-refractivity contribution in [3.05, 3.63) is 65.5 Å². The van der Waals surface area contributed by atoms with E-state index in [-0.39, 0.29) is 11.9 Å². The maximum Gasteiger partial charge on any atom is 0.254 e. The quantitative estimate of drug-likeness (QED) is 0.326. The molecule has 0 N–H and O–H groups in total. The van der Waals surface area contributed by atoms with Crippen LogP contribution in [0.25, 0.3) is 32.7 Å². The number of carbonyl (C=O) groups is 1. The van der Waals surface area contributed by atoms with E-state index in [2.05, 4.69) is 37.1 Å². The highest BCUT2D eigenvalue weighted by atomic mass is 32.1. The Morgan fingerprint density at radius 3 is 2.68 bits per heavy atom. The van der Waals surface area contributed by atoms with Crippen molar-refractivity contribution in [1.29, 1.82) is 0 Å². The summed E-state index contributed by atoms with van der Waals surface area (Å²) in [5.41, 5.74) is 3.04. The van der Waals surface area contributed by atoms with Crippen LogP contribution in [0.5, 0.6) is 0 Å². The summed E-state index contributed by atoms with van der Waals surface area (Å²) in [5.74, 6) is 1.05. The Kier molecular flexibility index (Phi) is 5.17. The lowest BCUT2D eigenvalue weighted by atomic mass is 9.96. The van der Waals surface area contributed by atoms with E-state index in [0.29, 0.717) is 41.7 Å². The van der Waals surface area contributed by atoms with Crippen LogP contribution in [0.3, 0.4) is 0 Å². The summed E-state index contributed by atoms with van der Waals surface area (Å²) in [5, 5.41) is 6.48. The molecule has 1 aromatic carbocycles. The van der Waals surface area contributed by atoms with Crippen molar-refractivity contribution in [2.45, 2.75) is 38.6 Å². The van der Waals surface area contributed by atoms with Crippen LogP contribution in [0.2, 0.25) is 0 Å². The molecule has 0 aliphatic carbocycles. The second-order valence-electron chi connectivity index (χ2n) is 9.04. The van der Waals surface area contributed by atoms with Gasteiger partial charge in [0.1, 0.15) is 5.69 Å². The normalized spacial score (nSPS) is 15.1. The first kappa shape index (κ1) is 21.0. The average molecular weight is 472 g/mol. The second kappa shape index (κ2) is 8.36. The molecule has 4 aromatic heterocycles. The first-order valence-corrected chi connectivity index (χ1v) is 12.5. The van der Waals surface area contributed by atoms with Crippen LogP contribution >= 0.6 is 11.3 Å². The number of hydrogen-bond donors (Lipinski definition) is 0. The summed E-state index contributed by atoms with van der Waals surface area (Å²) in [6.45, 7) is 5.53. The fourth-order valence-corrected chi connectivity index (χ4v) is 5.82. The van der Waals surface area contributed by atoms with E-state index in [1.54, 1.807) is 23.8 Å². The highest BCUT2D eigenvalue weighted by molar-refractivity contribution is 7.18. The molecule has 5 heterocycles. The SMILES string of the molecule is CC(C)n1ncc2c(C(=O)N3CCC(c4nc5ccccc5s4)CC3)cc(-c3ccco3)nc21. The minimum Gasteiger partial charge on any atom is -0.463 e. The van der Waals surface area contributed by atoms with Gasteiger partial charge < -0.3 is 9.32 Å². The largest absolute Gasteiger partial charge is 0.463 e. The number of aromatic nitrogens is 4. The molecule has 1 aliphatic rings. The zero-order valence-electron chi connectivity index (χ0n) is 19.1. The number of likely N-dealkylation sites (tertiary alicyclic amines) is 1. The van der Waals surface area contributed by atoms with Gasteiger partial charge in [0.2, 0.25) is 0 Å². The molecule has 5 aromatic rings. The summed E-state index contributed by atoms with van der Waals surface area (Å²) >= 11 is 1.77. The van der Waals surface area contributed by atoms with Crippen molar-refractivity contribution in [1.82, 2.24) is 24.6 Å². The molecule has 0 radical (unpaired) electrons. The molecule has 1 saturated heterocycles. The highest BCUT2D eigenvalue weighted by Crippen LogP contribution is 2.35. The van der Waals surface area contributed by atoms with Gasteiger partial charge in [-0.3, -0.25) is 4.79 Å². The van der Waals surface area contributed by atoms with Crippen molar-refractivity contribution in [3.63, 3.8) is 0 Å². The van der Waals surface area contributed by atoms with Crippen LogP contribution in [0, 0.1) is 0 Å². The number of benzene rings is 1. The van der Waals surface area contributed by atoms with Crippen LogP contribution in [0.15, 0.2) is 59.3 Å². The number of pyridine rings is 1. The number of rotatable bonds is 4. The minimum atomic E-state index is 0.0197. The van der Waals surface area contributed by atoms with Gasteiger partial charge >= 0.3 is 0 Å². The number of furan rings is 1. The Hall–Kier alpha value is -3.52. The van der Waals surface area contributed by atoms with Gasteiger partial charge in [0.05, 0.1) is 38.6 Å². The average Bonchev–Trinajstić information content (AvgIpc) is 3.62. The van der Waals surface area contributed by atoms with E-state index >= 15 is 0 Å². The minimum absolute atomic E-state index is 0.0197. The van der Waals surface area contributed by atoms with Crippen LogP contribution < -0.4 is 0 Å². The smallest absolute Gasteiger partial charge is 0.254 e. The van der Waals surface area contributed by atoms with Gasteiger partial charge in [-0.1, -0.05) is 12.1 Å². The number of carbonyl (C=O) groups excluding carboxylic acids is 1. The number of piperidine rings is 1. The first-order chi connectivity index (χ1) is 16.6. The Balaban J connectivity index is 1.29. The van der Waals surface area contributed by atoms with Gasteiger partial charge in [-0.05, 0) is 57.0 Å². The molecule has 6 rings (SSSR count). The van der Waals surface area contributed by atoms with Crippen LogP contribution in [0.4, 0.5) is 0 Å². The van der Waals surface area contributed by atoms with Crippen LogP contribution in [-0.2, 0) is 0 Å². The molecule has 172 valence electrons. The Labute approximate surface area is 201 Å². The van der Waals surface area contributed by atoms with Crippen molar-refractivity contribution >= 4 is 38.5 Å². The Morgan fingerprint density at radius 2 is 1.94 bits per heavy atom. The molecule has 1 aliphatic heterocycles. The van der Waals surface area contributed by atoms with E-state index in [9.17, 15) is 4.79 Å². The highest BCUT2D eigenvalue weighted by Gasteiger charge is 2.29. The van der Waals surface area contributed by atoms with Crippen LogP contribution in [-0.4, -0.2) is 43.6 Å².